The summed E-state index contributed by atoms with van der Waals surface area (Å²) in [5.41, 5.74) is 7.25. The fourth-order valence-corrected chi connectivity index (χ4v) is 2.10. The summed E-state index contributed by atoms with van der Waals surface area (Å²) in [7, 11) is 0. The second kappa shape index (κ2) is 6.83. The highest BCUT2D eigenvalue weighted by atomic mass is 35.5. The van der Waals surface area contributed by atoms with E-state index in [9.17, 15) is 4.39 Å². The number of unbranched alkanes of at least 4 members (excludes halogenated alkanes) is 1. The quantitative estimate of drug-likeness (QED) is 0.775. The number of nitrogens with zero attached hydrogens (tertiary/aromatic N) is 1. The van der Waals surface area contributed by atoms with Gasteiger partial charge in [0.2, 0.25) is 0 Å². The van der Waals surface area contributed by atoms with Crippen molar-refractivity contribution in [3.05, 3.63) is 23.0 Å². The summed E-state index contributed by atoms with van der Waals surface area (Å²) >= 11 is 5.73. The Hall–Kier alpha value is -0.960. The van der Waals surface area contributed by atoms with Crippen LogP contribution in [0.5, 0.6) is 0 Å². The smallest absolute Gasteiger partial charge is 0.144 e. The van der Waals surface area contributed by atoms with Gasteiger partial charge in [-0.1, -0.05) is 31.9 Å². The molecule has 102 valence electrons. The molecule has 4 heteroatoms. The molecule has 0 aliphatic rings. The SMILES string of the molecule is CCCCN(c1cc(F)c(Cl)cc1N)C(C)CC. The molecule has 0 aliphatic heterocycles. The van der Waals surface area contributed by atoms with E-state index in [4.69, 9.17) is 17.3 Å². The van der Waals surface area contributed by atoms with Crippen molar-refractivity contribution in [3.63, 3.8) is 0 Å². The minimum Gasteiger partial charge on any atom is -0.397 e. The van der Waals surface area contributed by atoms with Crippen molar-refractivity contribution in [1.82, 2.24) is 0 Å². The molecule has 2 nitrogen and oxygen atoms in total. The van der Waals surface area contributed by atoms with Gasteiger partial charge in [0.05, 0.1) is 16.4 Å². The lowest BCUT2D eigenvalue weighted by Gasteiger charge is -2.32. The van der Waals surface area contributed by atoms with E-state index < -0.39 is 5.82 Å². The van der Waals surface area contributed by atoms with Gasteiger partial charge in [-0.3, -0.25) is 0 Å². The summed E-state index contributed by atoms with van der Waals surface area (Å²) in [4.78, 5) is 2.16. The van der Waals surface area contributed by atoms with Crippen molar-refractivity contribution in [1.29, 1.82) is 0 Å². The summed E-state index contributed by atoms with van der Waals surface area (Å²) in [6.45, 7) is 7.27. The molecule has 2 N–H and O–H groups in total. The predicted molar refractivity (Wildman–Crippen MR) is 77.8 cm³/mol. The Morgan fingerprint density at radius 3 is 2.61 bits per heavy atom. The Balaban J connectivity index is 3.07. The van der Waals surface area contributed by atoms with Crippen LogP contribution in [-0.4, -0.2) is 12.6 Å². The van der Waals surface area contributed by atoms with Crippen molar-refractivity contribution in [2.45, 2.75) is 46.1 Å². The second-order valence-electron chi connectivity index (χ2n) is 4.63. The molecular formula is C14H22ClFN2. The zero-order valence-corrected chi connectivity index (χ0v) is 12.1. The maximum atomic E-state index is 13.6. The maximum Gasteiger partial charge on any atom is 0.144 e. The zero-order valence-electron chi connectivity index (χ0n) is 11.3. The third-order valence-electron chi connectivity index (χ3n) is 3.25. The Labute approximate surface area is 114 Å². The minimum absolute atomic E-state index is 0.0795. The van der Waals surface area contributed by atoms with Crippen LogP contribution in [0.3, 0.4) is 0 Å². The molecule has 0 aromatic heterocycles. The standard InChI is InChI=1S/C14H22ClFN2/c1-4-6-7-18(10(3)5-2)14-9-12(16)11(15)8-13(14)17/h8-10H,4-7,17H2,1-3H3. The first kappa shape index (κ1) is 15.1. The molecule has 1 atom stereocenters. The molecule has 0 amide bonds. The van der Waals surface area contributed by atoms with Crippen LogP contribution in [0.25, 0.3) is 0 Å². The highest BCUT2D eigenvalue weighted by Crippen LogP contribution is 2.31. The topological polar surface area (TPSA) is 29.3 Å². The van der Waals surface area contributed by atoms with Crippen LogP contribution in [0.15, 0.2) is 12.1 Å². The van der Waals surface area contributed by atoms with E-state index in [0.29, 0.717) is 11.7 Å². The molecule has 0 saturated heterocycles. The highest BCUT2D eigenvalue weighted by molar-refractivity contribution is 6.31. The second-order valence-corrected chi connectivity index (χ2v) is 5.04. The molecule has 1 unspecified atom stereocenters. The van der Waals surface area contributed by atoms with Crippen LogP contribution in [-0.2, 0) is 0 Å². The van der Waals surface area contributed by atoms with E-state index in [1.165, 1.54) is 12.1 Å². The zero-order chi connectivity index (χ0) is 13.7. The van der Waals surface area contributed by atoms with Gasteiger partial charge in [0, 0.05) is 18.7 Å². The van der Waals surface area contributed by atoms with E-state index in [1.807, 2.05) is 0 Å². The largest absolute Gasteiger partial charge is 0.397 e. The van der Waals surface area contributed by atoms with Gasteiger partial charge in [0.1, 0.15) is 5.82 Å². The van der Waals surface area contributed by atoms with Crippen LogP contribution in [0.1, 0.15) is 40.0 Å². The first-order valence-corrected chi connectivity index (χ1v) is 6.90. The number of nitrogens with two attached hydrogens (primary N) is 1. The molecule has 0 radical (unpaired) electrons. The molecular weight excluding hydrogens is 251 g/mol. The molecule has 1 aromatic carbocycles. The summed E-state index contributed by atoms with van der Waals surface area (Å²) in [5, 5.41) is 0.0795. The normalized spacial score (nSPS) is 12.5. The molecule has 0 bridgehead atoms. The number of halogens is 2. The lowest BCUT2D eigenvalue weighted by molar-refractivity contribution is 0.589. The van der Waals surface area contributed by atoms with E-state index in [-0.39, 0.29) is 5.02 Å². The average Bonchev–Trinajstić information content (AvgIpc) is 2.35. The third kappa shape index (κ3) is 3.52. The van der Waals surface area contributed by atoms with Crippen molar-refractivity contribution in [3.8, 4) is 0 Å². The lowest BCUT2D eigenvalue weighted by Crippen LogP contribution is -2.34. The third-order valence-corrected chi connectivity index (χ3v) is 3.54. The minimum atomic E-state index is -0.411. The molecule has 0 fully saturated rings. The molecule has 1 rings (SSSR count). The van der Waals surface area contributed by atoms with Crippen LogP contribution in [0.4, 0.5) is 15.8 Å². The van der Waals surface area contributed by atoms with Crippen LogP contribution < -0.4 is 10.6 Å². The predicted octanol–water partition coefficient (Wildman–Crippen LogP) is 4.47. The van der Waals surface area contributed by atoms with Gasteiger partial charge < -0.3 is 10.6 Å². The van der Waals surface area contributed by atoms with Crippen LogP contribution in [0, 0.1) is 5.82 Å². The van der Waals surface area contributed by atoms with Gasteiger partial charge in [-0.25, -0.2) is 4.39 Å². The number of nitrogen functional groups attached to an aromatic ring is 1. The van der Waals surface area contributed by atoms with Gasteiger partial charge in [0.25, 0.3) is 0 Å². The number of anilines is 2. The van der Waals surface area contributed by atoms with E-state index in [0.717, 1.165) is 31.5 Å². The summed E-state index contributed by atoms with van der Waals surface area (Å²) < 4.78 is 13.6. The van der Waals surface area contributed by atoms with Gasteiger partial charge in [-0.05, 0) is 25.8 Å². The van der Waals surface area contributed by atoms with E-state index in [2.05, 4.69) is 25.7 Å². The Kier molecular flexibility index (Phi) is 5.73. The van der Waals surface area contributed by atoms with Gasteiger partial charge in [-0.15, -0.1) is 0 Å². The fourth-order valence-electron chi connectivity index (χ4n) is 1.93. The summed E-state index contributed by atoms with van der Waals surface area (Å²) in [6, 6.07) is 3.27. The van der Waals surface area contributed by atoms with Crippen molar-refractivity contribution < 1.29 is 4.39 Å². The van der Waals surface area contributed by atoms with E-state index >= 15 is 0 Å². The van der Waals surface area contributed by atoms with Crippen LogP contribution in [0.2, 0.25) is 5.02 Å². The van der Waals surface area contributed by atoms with Crippen molar-refractivity contribution in [2.24, 2.45) is 0 Å². The number of hydrogen-bond donors (Lipinski definition) is 1. The Morgan fingerprint density at radius 2 is 2.06 bits per heavy atom. The van der Waals surface area contributed by atoms with Gasteiger partial charge >= 0.3 is 0 Å². The molecule has 0 aliphatic carbocycles. The number of benzene rings is 1. The molecule has 0 spiro atoms. The monoisotopic (exact) mass is 272 g/mol. The first-order chi connectivity index (χ1) is 8.51. The molecule has 0 heterocycles. The van der Waals surface area contributed by atoms with Gasteiger partial charge in [0.15, 0.2) is 0 Å². The van der Waals surface area contributed by atoms with Crippen molar-refractivity contribution in [2.75, 3.05) is 17.2 Å². The lowest BCUT2D eigenvalue weighted by atomic mass is 10.1. The number of hydrogen-bond acceptors (Lipinski definition) is 2. The van der Waals surface area contributed by atoms with E-state index in [1.54, 1.807) is 0 Å². The average molecular weight is 273 g/mol. The summed E-state index contributed by atoms with van der Waals surface area (Å²) in [5.74, 6) is -0.411. The van der Waals surface area contributed by atoms with Crippen molar-refractivity contribution >= 4 is 23.0 Å². The Bertz CT molecular complexity index is 396. The fraction of sp³-hybridized carbons (Fsp3) is 0.571. The first-order valence-electron chi connectivity index (χ1n) is 6.52. The molecule has 1 aromatic rings. The Morgan fingerprint density at radius 1 is 1.39 bits per heavy atom. The number of rotatable bonds is 6. The molecule has 0 saturated carbocycles. The van der Waals surface area contributed by atoms with Gasteiger partial charge in [-0.2, -0.15) is 0 Å². The highest BCUT2D eigenvalue weighted by Gasteiger charge is 2.17. The van der Waals surface area contributed by atoms with Crippen LogP contribution >= 0.6 is 11.6 Å². The summed E-state index contributed by atoms with van der Waals surface area (Å²) in [6.07, 6.45) is 3.16. The maximum absolute atomic E-state index is 13.6. The molecule has 18 heavy (non-hydrogen) atoms.